The molecule has 0 spiro atoms. The summed E-state index contributed by atoms with van der Waals surface area (Å²) in [5.41, 5.74) is 3.16. The van der Waals surface area contributed by atoms with Crippen LogP contribution in [0, 0.1) is 5.92 Å². The Labute approximate surface area is 190 Å². The van der Waals surface area contributed by atoms with E-state index in [1.54, 1.807) is 39.2 Å². The highest BCUT2D eigenvalue weighted by molar-refractivity contribution is 5.94. The van der Waals surface area contributed by atoms with Gasteiger partial charge in [0.15, 0.2) is 11.5 Å². The molecule has 0 aliphatic heterocycles. The quantitative estimate of drug-likeness (QED) is 0.548. The second-order valence-corrected chi connectivity index (χ2v) is 9.05. The Hall–Kier alpha value is -3.28. The maximum absolute atomic E-state index is 12.1. The Bertz CT molecular complexity index is 955. The first kappa shape index (κ1) is 25.0. The molecular weight excluding hydrogens is 406 g/mol. The monoisotopic (exact) mass is 439 g/mol. The van der Waals surface area contributed by atoms with Gasteiger partial charge in [-0.3, -0.25) is 4.79 Å². The molecule has 0 fully saturated rings. The number of methoxy groups -OCH3 is 1. The predicted molar refractivity (Wildman–Crippen MR) is 126 cm³/mol. The smallest absolute Gasteiger partial charge is 0.326 e. The molecule has 32 heavy (non-hydrogen) atoms. The van der Waals surface area contributed by atoms with Crippen LogP contribution in [-0.4, -0.2) is 30.1 Å². The first-order chi connectivity index (χ1) is 15.0. The molecule has 0 unspecified atom stereocenters. The van der Waals surface area contributed by atoms with E-state index in [4.69, 9.17) is 9.47 Å². The van der Waals surface area contributed by atoms with E-state index in [-0.39, 0.29) is 11.3 Å². The fraction of sp³-hybridized carbons (Fsp3) is 0.385. The van der Waals surface area contributed by atoms with Gasteiger partial charge in [-0.15, -0.1) is 0 Å². The third-order valence-electron chi connectivity index (χ3n) is 5.06. The lowest BCUT2D eigenvalue weighted by Gasteiger charge is -2.19. The van der Waals surface area contributed by atoms with Gasteiger partial charge in [-0.05, 0) is 46.2 Å². The molecule has 2 N–H and O–H groups in total. The van der Waals surface area contributed by atoms with E-state index in [1.165, 1.54) is 11.6 Å². The number of benzene rings is 2. The summed E-state index contributed by atoms with van der Waals surface area (Å²) in [5.74, 6) is -0.600. The lowest BCUT2D eigenvalue weighted by Crippen LogP contribution is -2.43. The van der Waals surface area contributed by atoms with Crippen LogP contribution in [0.2, 0.25) is 0 Å². The number of carboxylic acid groups (broad SMARTS) is 1. The molecule has 6 heteroatoms. The number of rotatable bonds is 9. The Morgan fingerprint density at radius 3 is 2.25 bits per heavy atom. The summed E-state index contributed by atoms with van der Waals surface area (Å²) in [6.07, 6.45) is 2.91. The highest BCUT2D eigenvalue weighted by Crippen LogP contribution is 2.29. The molecule has 172 valence electrons. The van der Waals surface area contributed by atoms with Crippen molar-refractivity contribution in [1.29, 1.82) is 0 Å². The van der Waals surface area contributed by atoms with Crippen molar-refractivity contribution in [3.05, 3.63) is 65.2 Å². The third kappa shape index (κ3) is 7.15. The minimum absolute atomic E-state index is 0.103. The van der Waals surface area contributed by atoms with Gasteiger partial charge in [0, 0.05) is 6.08 Å². The van der Waals surface area contributed by atoms with Crippen molar-refractivity contribution in [3.63, 3.8) is 0 Å². The normalized spacial score (nSPS) is 12.6. The first-order valence-electron chi connectivity index (χ1n) is 10.6. The number of amides is 1. The number of hydrogen-bond acceptors (Lipinski definition) is 4. The van der Waals surface area contributed by atoms with Crippen LogP contribution in [0.25, 0.3) is 6.08 Å². The Morgan fingerprint density at radius 1 is 1.06 bits per heavy atom. The van der Waals surface area contributed by atoms with Crippen LogP contribution in [0.4, 0.5) is 0 Å². The predicted octanol–water partition coefficient (Wildman–Crippen LogP) is 4.81. The molecule has 0 aliphatic rings. The molecule has 0 radical (unpaired) electrons. The van der Waals surface area contributed by atoms with Gasteiger partial charge < -0.3 is 19.9 Å². The van der Waals surface area contributed by atoms with Gasteiger partial charge in [-0.2, -0.15) is 0 Å². The van der Waals surface area contributed by atoms with Crippen molar-refractivity contribution in [2.24, 2.45) is 5.92 Å². The van der Waals surface area contributed by atoms with Crippen LogP contribution < -0.4 is 14.8 Å². The number of carbonyl (C=O) groups is 2. The molecule has 0 saturated heterocycles. The number of carboxylic acids is 1. The molecule has 6 nitrogen and oxygen atoms in total. The number of nitrogens with one attached hydrogen (secondary N) is 1. The third-order valence-corrected chi connectivity index (χ3v) is 5.06. The second-order valence-electron chi connectivity index (χ2n) is 9.05. The fourth-order valence-electron chi connectivity index (χ4n) is 3.06. The molecule has 0 aromatic heterocycles. The molecule has 2 rings (SSSR count). The van der Waals surface area contributed by atoms with E-state index >= 15 is 0 Å². The van der Waals surface area contributed by atoms with Gasteiger partial charge in [0.25, 0.3) is 0 Å². The van der Waals surface area contributed by atoms with Gasteiger partial charge in [0.2, 0.25) is 5.91 Å². The van der Waals surface area contributed by atoms with Crippen LogP contribution in [0.1, 0.15) is 51.3 Å². The van der Waals surface area contributed by atoms with Crippen molar-refractivity contribution in [1.82, 2.24) is 5.32 Å². The average Bonchev–Trinajstić information content (AvgIpc) is 2.74. The number of carbonyl (C=O) groups excluding carboxylic acids is 1. The maximum atomic E-state index is 12.1. The summed E-state index contributed by atoms with van der Waals surface area (Å²) in [5, 5.41) is 11.7. The molecule has 0 saturated carbocycles. The van der Waals surface area contributed by atoms with Crippen LogP contribution in [-0.2, 0) is 21.6 Å². The van der Waals surface area contributed by atoms with Gasteiger partial charge in [-0.1, -0.05) is 65.0 Å². The van der Waals surface area contributed by atoms with Crippen LogP contribution in [0.3, 0.4) is 0 Å². The van der Waals surface area contributed by atoms with E-state index in [0.29, 0.717) is 18.1 Å². The van der Waals surface area contributed by atoms with Crippen molar-refractivity contribution in [3.8, 4) is 11.5 Å². The van der Waals surface area contributed by atoms with Crippen LogP contribution in [0.5, 0.6) is 11.5 Å². The summed E-state index contributed by atoms with van der Waals surface area (Å²) in [6.45, 7) is 10.4. The Kier molecular flexibility index (Phi) is 8.47. The molecule has 1 atom stereocenters. The van der Waals surface area contributed by atoms with E-state index in [1.807, 2.05) is 6.07 Å². The lowest BCUT2D eigenvalue weighted by molar-refractivity contribution is -0.142. The van der Waals surface area contributed by atoms with Crippen molar-refractivity contribution >= 4 is 18.0 Å². The largest absolute Gasteiger partial charge is 0.493 e. The van der Waals surface area contributed by atoms with Crippen LogP contribution in [0.15, 0.2) is 48.5 Å². The standard InChI is InChI=1S/C26H33NO5/c1-17(2)24(25(29)30)27-23(28)14-10-18-9-13-21(22(15-18)31-6)32-16-19-7-11-20(12-8-19)26(3,4)5/h7-15,17,24H,16H2,1-6H3,(H,27,28)(H,29,30)/b14-10+/t24-/m0/s1. The Balaban J connectivity index is 2.03. The van der Waals surface area contributed by atoms with E-state index in [9.17, 15) is 14.7 Å². The maximum Gasteiger partial charge on any atom is 0.326 e. The summed E-state index contributed by atoms with van der Waals surface area (Å²) in [6, 6.07) is 12.8. The van der Waals surface area contributed by atoms with Gasteiger partial charge in [0.1, 0.15) is 12.6 Å². The molecular formula is C26H33NO5. The average molecular weight is 440 g/mol. The number of aliphatic carboxylic acids is 1. The minimum atomic E-state index is -1.06. The van der Waals surface area contributed by atoms with Crippen molar-refractivity contribution < 1.29 is 24.2 Å². The van der Waals surface area contributed by atoms with Crippen molar-refractivity contribution in [2.75, 3.05) is 7.11 Å². The summed E-state index contributed by atoms with van der Waals surface area (Å²) < 4.78 is 11.4. The Morgan fingerprint density at radius 2 is 1.72 bits per heavy atom. The molecule has 0 bridgehead atoms. The van der Waals surface area contributed by atoms with E-state index in [0.717, 1.165) is 11.1 Å². The van der Waals surface area contributed by atoms with Gasteiger partial charge >= 0.3 is 5.97 Å². The summed E-state index contributed by atoms with van der Waals surface area (Å²) in [7, 11) is 1.56. The lowest BCUT2D eigenvalue weighted by atomic mass is 9.87. The van der Waals surface area contributed by atoms with E-state index in [2.05, 4.69) is 50.4 Å². The molecule has 2 aromatic rings. The van der Waals surface area contributed by atoms with Crippen molar-refractivity contribution in [2.45, 2.75) is 52.7 Å². The van der Waals surface area contributed by atoms with Gasteiger partial charge in [0.05, 0.1) is 7.11 Å². The zero-order valence-corrected chi connectivity index (χ0v) is 19.6. The molecule has 1 amide bonds. The molecule has 0 aliphatic carbocycles. The second kappa shape index (κ2) is 10.8. The fourth-order valence-corrected chi connectivity index (χ4v) is 3.06. The topological polar surface area (TPSA) is 84.9 Å². The molecule has 2 aromatic carbocycles. The SMILES string of the molecule is COc1cc(/C=C/C(=O)N[C@H](C(=O)O)C(C)C)ccc1OCc1ccc(C(C)(C)C)cc1. The zero-order valence-electron chi connectivity index (χ0n) is 19.6. The summed E-state index contributed by atoms with van der Waals surface area (Å²) in [4.78, 5) is 23.3. The first-order valence-corrected chi connectivity index (χ1v) is 10.6. The number of ether oxygens (including phenoxy) is 2. The highest BCUT2D eigenvalue weighted by atomic mass is 16.5. The van der Waals surface area contributed by atoms with E-state index < -0.39 is 17.9 Å². The van der Waals surface area contributed by atoms with Crippen LogP contribution >= 0.6 is 0 Å². The summed E-state index contributed by atoms with van der Waals surface area (Å²) >= 11 is 0. The highest BCUT2D eigenvalue weighted by Gasteiger charge is 2.22. The molecule has 0 heterocycles. The zero-order chi connectivity index (χ0) is 23.9. The number of hydrogen-bond donors (Lipinski definition) is 2. The minimum Gasteiger partial charge on any atom is -0.493 e. The van der Waals surface area contributed by atoms with Gasteiger partial charge in [-0.25, -0.2) is 4.79 Å².